The molecule has 1 aromatic rings. The third-order valence-electron chi connectivity index (χ3n) is 4.02. The number of hydrogen-bond donors (Lipinski definition) is 1. The van der Waals surface area contributed by atoms with Crippen molar-refractivity contribution in [3.63, 3.8) is 0 Å². The van der Waals surface area contributed by atoms with E-state index in [4.69, 9.17) is 9.84 Å². The zero-order valence-corrected chi connectivity index (χ0v) is 12.5. The summed E-state index contributed by atoms with van der Waals surface area (Å²) in [5.74, 6) is 0.937. The Labute approximate surface area is 122 Å². The molecule has 2 rings (SSSR count). The first-order valence-electron chi connectivity index (χ1n) is 7.47. The minimum atomic E-state index is 0.244. The first-order valence-corrected chi connectivity index (χ1v) is 7.47. The Morgan fingerprint density at radius 3 is 2.25 bits per heavy atom. The Morgan fingerprint density at radius 1 is 1.05 bits per heavy atom. The van der Waals surface area contributed by atoms with E-state index in [0.717, 1.165) is 38.5 Å². The van der Waals surface area contributed by atoms with Crippen LogP contribution in [0.25, 0.3) is 0 Å². The largest absolute Gasteiger partial charge is 0.492 e. The minimum Gasteiger partial charge on any atom is -0.492 e. The van der Waals surface area contributed by atoms with E-state index in [9.17, 15) is 0 Å². The van der Waals surface area contributed by atoms with Gasteiger partial charge in [0.05, 0.1) is 6.61 Å². The van der Waals surface area contributed by atoms with Crippen molar-refractivity contribution in [1.82, 2.24) is 9.80 Å². The number of rotatable bonds is 6. The van der Waals surface area contributed by atoms with Gasteiger partial charge in [0, 0.05) is 38.3 Å². The molecule has 4 heteroatoms. The molecule has 1 N–H and O–H groups in total. The SMILES string of the molecule is CC1CN(CCOc2ccccc2)C(C)CN1CCO. The molecule has 0 saturated carbocycles. The summed E-state index contributed by atoms with van der Waals surface area (Å²) in [4.78, 5) is 4.83. The van der Waals surface area contributed by atoms with Gasteiger partial charge in [0.15, 0.2) is 0 Å². The van der Waals surface area contributed by atoms with Crippen molar-refractivity contribution in [3.05, 3.63) is 30.3 Å². The molecule has 112 valence electrons. The van der Waals surface area contributed by atoms with Crippen LogP contribution in [0.15, 0.2) is 30.3 Å². The van der Waals surface area contributed by atoms with E-state index in [1.807, 2.05) is 30.3 Å². The van der Waals surface area contributed by atoms with Crippen LogP contribution >= 0.6 is 0 Å². The van der Waals surface area contributed by atoms with Crippen molar-refractivity contribution in [2.24, 2.45) is 0 Å². The fraction of sp³-hybridized carbons (Fsp3) is 0.625. The fourth-order valence-corrected chi connectivity index (χ4v) is 2.82. The molecule has 0 aliphatic carbocycles. The highest BCUT2D eigenvalue weighted by atomic mass is 16.5. The van der Waals surface area contributed by atoms with Crippen molar-refractivity contribution in [2.75, 3.05) is 39.4 Å². The summed E-state index contributed by atoms with van der Waals surface area (Å²) in [5, 5.41) is 9.08. The molecule has 1 fully saturated rings. The molecule has 1 aliphatic heterocycles. The summed E-state index contributed by atoms with van der Waals surface area (Å²) in [5.41, 5.74) is 0. The molecule has 2 unspecified atom stereocenters. The van der Waals surface area contributed by atoms with Gasteiger partial charge in [0.1, 0.15) is 12.4 Å². The van der Waals surface area contributed by atoms with Gasteiger partial charge in [-0.2, -0.15) is 0 Å². The molecule has 1 aliphatic rings. The van der Waals surface area contributed by atoms with Crippen LogP contribution in [-0.2, 0) is 0 Å². The lowest BCUT2D eigenvalue weighted by atomic mass is 10.1. The average Bonchev–Trinajstić information content (AvgIpc) is 2.45. The second-order valence-electron chi connectivity index (χ2n) is 5.57. The van der Waals surface area contributed by atoms with Gasteiger partial charge in [-0.3, -0.25) is 9.80 Å². The molecule has 0 radical (unpaired) electrons. The first-order chi connectivity index (χ1) is 9.70. The molecule has 0 amide bonds. The standard InChI is InChI=1S/C16H26N2O2/c1-14-13-18(15(2)12-17(14)8-10-19)9-11-20-16-6-4-3-5-7-16/h3-7,14-15,19H,8-13H2,1-2H3. The van der Waals surface area contributed by atoms with Crippen LogP contribution in [0.1, 0.15) is 13.8 Å². The highest BCUT2D eigenvalue weighted by molar-refractivity contribution is 5.20. The van der Waals surface area contributed by atoms with Crippen molar-refractivity contribution in [3.8, 4) is 5.75 Å². The molecular weight excluding hydrogens is 252 g/mol. The van der Waals surface area contributed by atoms with E-state index in [1.165, 1.54) is 0 Å². The number of nitrogens with zero attached hydrogens (tertiary/aromatic N) is 2. The Kier molecular flexibility index (Phi) is 5.83. The molecule has 20 heavy (non-hydrogen) atoms. The zero-order chi connectivity index (χ0) is 14.4. The first kappa shape index (κ1) is 15.3. The van der Waals surface area contributed by atoms with Gasteiger partial charge >= 0.3 is 0 Å². The van der Waals surface area contributed by atoms with E-state index in [1.54, 1.807) is 0 Å². The van der Waals surface area contributed by atoms with Crippen molar-refractivity contribution in [1.29, 1.82) is 0 Å². The maximum absolute atomic E-state index is 9.08. The van der Waals surface area contributed by atoms with Crippen LogP contribution in [0.5, 0.6) is 5.75 Å². The predicted octanol–water partition coefficient (Wildman–Crippen LogP) is 1.45. The van der Waals surface area contributed by atoms with Crippen LogP contribution in [-0.4, -0.2) is 66.4 Å². The van der Waals surface area contributed by atoms with Gasteiger partial charge in [0.2, 0.25) is 0 Å². The molecule has 1 saturated heterocycles. The van der Waals surface area contributed by atoms with Gasteiger partial charge < -0.3 is 9.84 Å². The van der Waals surface area contributed by atoms with Gasteiger partial charge in [0.25, 0.3) is 0 Å². The number of benzene rings is 1. The lowest BCUT2D eigenvalue weighted by Crippen LogP contribution is -2.57. The van der Waals surface area contributed by atoms with Crippen LogP contribution < -0.4 is 4.74 Å². The number of aliphatic hydroxyl groups is 1. The number of hydrogen-bond acceptors (Lipinski definition) is 4. The maximum atomic E-state index is 9.08. The molecule has 4 nitrogen and oxygen atoms in total. The van der Waals surface area contributed by atoms with E-state index in [-0.39, 0.29) is 6.61 Å². The Morgan fingerprint density at radius 2 is 1.65 bits per heavy atom. The molecule has 0 bridgehead atoms. The monoisotopic (exact) mass is 278 g/mol. The fourth-order valence-electron chi connectivity index (χ4n) is 2.82. The van der Waals surface area contributed by atoms with Crippen LogP contribution in [0.2, 0.25) is 0 Å². The third-order valence-corrected chi connectivity index (χ3v) is 4.02. The molecule has 0 spiro atoms. The number of aliphatic hydroxyl groups excluding tert-OH is 1. The topological polar surface area (TPSA) is 35.9 Å². The lowest BCUT2D eigenvalue weighted by Gasteiger charge is -2.43. The summed E-state index contributed by atoms with van der Waals surface area (Å²) in [6, 6.07) is 11.0. The third kappa shape index (κ3) is 4.20. The number of piperazine rings is 1. The number of para-hydroxylation sites is 1. The highest BCUT2D eigenvalue weighted by Crippen LogP contribution is 2.15. The molecule has 1 heterocycles. The zero-order valence-electron chi connectivity index (χ0n) is 12.5. The average molecular weight is 278 g/mol. The number of ether oxygens (including phenoxy) is 1. The second kappa shape index (κ2) is 7.62. The van der Waals surface area contributed by atoms with Crippen molar-refractivity contribution < 1.29 is 9.84 Å². The summed E-state index contributed by atoms with van der Waals surface area (Å²) in [6.07, 6.45) is 0. The van der Waals surface area contributed by atoms with E-state index >= 15 is 0 Å². The predicted molar refractivity (Wildman–Crippen MR) is 81.1 cm³/mol. The van der Waals surface area contributed by atoms with Crippen LogP contribution in [0, 0.1) is 0 Å². The Hall–Kier alpha value is -1.10. The van der Waals surface area contributed by atoms with Crippen molar-refractivity contribution in [2.45, 2.75) is 25.9 Å². The molecule has 1 aromatic carbocycles. The van der Waals surface area contributed by atoms with Gasteiger partial charge in [-0.25, -0.2) is 0 Å². The molecule has 0 aromatic heterocycles. The van der Waals surface area contributed by atoms with Gasteiger partial charge in [-0.1, -0.05) is 18.2 Å². The Bertz CT molecular complexity index is 385. The molecular formula is C16H26N2O2. The van der Waals surface area contributed by atoms with E-state index in [2.05, 4.69) is 23.6 Å². The lowest BCUT2D eigenvalue weighted by molar-refractivity contribution is 0.0261. The summed E-state index contributed by atoms with van der Waals surface area (Å²) < 4.78 is 5.77. The van der Waals surface area contributed by atoms with E-state index in [0.29, 0.717) is 12.1 Å². The van der Waals surface area contributed by atoms with Crippen LogP contribution in [0.3, 0.4) is 0 Å². The number of β-amino-alcohol motifs (C(OH)–C–C–N with tert-alkyl or cyclic N) is 1. The summed E-state index contributed by atoms with van der Waals surface area (Å²) in [7, 11) is 0. The normalized spacial score (nSPS) is 24.8. The quantitative estimate of drug-likeness (QED) is 0.854. The molecule has 2 atom stereocenters. The summed E-state index contributed by atoms with van der Waals surface area (Å²) in [6.45, 7) is 9.24. The smallest absolute Gasteiger partial charge is 0.119 e. The van der Waals surface area contributed by atoms with Crippen molar-refractivity contribution >= 4 is 0 Å². The van der Waals surface area contributed by atoms with E-state index < -0.39 is 0 Å². The Balaban J connectivity index is 1.76. The van der Waals surface area contributed by atoms with Gasteiger partial charge in [-0.05, 0) is 26.0 Å². The summed E-state index contributed by atoms with van der Waals surface area (Å²) >= 11 is 0. The second-order valence-corrected chi connectivity index (χ2v) is 5.57. The van der Waals surface area contributed by atoms with Crippen LogP contribution in [0.4, 0.5) is 0 Å². The minimum absolute atomic E-state index is 0.244. The maximum Gasteiger partial charge on any atom is 0.119 e. The highest BCUT2D eigenvalue weighted by Gasteiger charge is 2.28. The van der Waals surface area contributed by atoms with Gasteiger partial charge in [-0.15, -0.1) is 0 Å².